The van der Waals surface area contributed by atoms with Crippen molar-refractivity contribution in [3.8, 4) is 11.5 Å². The highest BCUT2D eigenvalue weighted by atomic mass is 32.1. The molecule has 0 saturated heterocycles. The summed E-state index contributed by atoms with van der Waals surface area (Å²) in [6.45, 7) is 17.7. The number of nitrogens with zero attached hydrogens (tertiary/aromatic N) is 3. The molecule has 3 aromatic rings. The molecule has 3 amide bonds. The minimum absolute atomic E-state index is 0.0795. The number of rotatable bonds is 6. The van der Waals surface area contributed by atoms with E-state index in [4.69, 9.17) is 18.9 Å². The Labute approximate surface area is 251 Å². The first-order valence-corrected chi connectivity index (χ1v) is 15.1. The van der Waals surface area contributed by atoms with Crippen molar-refractivity contribution in [1.82, 2.24) is 14.8 Å². The first-order valence-electron chi connectivity index (χ1n) is 14.3. The molecule has 0 aliphatic carbocycles. The molecule has 1 aromatic carbocycles. The number of anilines is 1. The summed E-state index contributed by atoms with van der Waals surface area (Å²) in [6.07, 6.45) is -0.187. The first kappa shape index (κ1) is 31.3. The third-order valence-electron chi connectivity index (χ3n) is 6.63. The van der Waals surface area contributed by atoms with Crippen molar-refractivity contribution < 1.29 is 28.3 Å². The van der Waals surface area contributed by atoms with Crippen molar-refractivity contribution >= 4 is 45.5 Å². The Balaban J connectivity index is 1.61. The summed E-state index contributed by atoms with van der Waals surface area (Å²) in [5, 5.41) is 3.66. The van der Waals surface area contributed by atoms with Gasteiger partial charge in [-0.15, -0.1) is 11.3 Å². The molecule has 1 aliphatic heterocycles. The summed E-state index contributed by atoms with van der Waals surface area (Å²) in [5.41, 5.74) is 2.91. The van der Waals surface area contributed by atoms with Gasteiger partial charge in [0, 0.05) is 30.4 Å². The third kappa shape index (κ3) is 7.42. The molecular weight excluding hydrogens is 556 g/mol. The normalized spacial score (nSPS) is 13.7. The molecule has 0 unspecified atom stereocenters. The van der Waals surface area contributed by atoms with Gasteiger partial charge >= 0.3 is 12.2 Å². The number of para-hydroxylation sites is 1. The summed E-state index contributed by atoms with van der Waals surface area (Å²) < 4.78 is 17.3. The van der Waals surface area contributed by atoms with Crippen LogP contribution in [0.25, 0.3) is 22.6 Å². The fourth-order valence-corrected chi connectivity index (χ4v) is 5.96. The van der Waals surface area contributed by atoms with E-state index in [1.807, 2.05) is 80.5 Å². The van der Waals surface area contributed by atoms with E-state index in [9.17, 15) is 14.4 Å². The van der Waals surface area contributed by atoms with E-state index in [-0.39, 0.29) is 31.0 Å². The van der Waals surface area contributed by atoms with Gasteiger partial charge in [0.25, 0.3) is 0 Å². The van der Waals surface area contributed by atoms with Gasteiger partial charge in [-0.2, -0.15) is 0 Å². The lowest BCUT2D eigenvalue weighted by molar-refractivity contribution is -0.116. The molecule has 0 fully saturated rings. The molecule has 3 heterocycles. The highest BCUT2D eigenvalue weighted by Crippen LogP contribution is 2.44. The number of nitrogens with one attached hydrogen (secondary N) is 1. The average Bonchev–Trinajstić information content (AvgIpc) is 3.42. The molecule has 0 spiro atoms. The van der Waals surface area contributed by atoms with Crippen LogP contribution in [0.1, 0.15) is 77.8 Å². The van der Waals surface area contributed by atoms with Gasteiger partial charge in [0.1, 0.15) is 21.7 Å². The zero-order valence-electron chi connectivity index (χ0n) is 26.0. The van der Waals surface area contributed by atoms with Gasteiger partial charge < -0.3 is 29.0 Å². The fraction of sp³-hybridized carbons (Fsp3) is 0.548. The Morgan fingerprint density at radius 2 is 1.81 bits per heavy atom. The van der Waals surface area contributed by atoms with Crippen LogP contribution >= 0.6 is 11.3 Å². The van der Waals surface area contributed by atoms with Crippen molar-refractivity contribution in [2.24, 2.45) is 0 Å². The van der Waals surface area contributed by atoms with E-state index >= 15 is 0 Å². The molecular formula is C31H42N4O6S. The lowest BCUT2D eigenvalue weighted by Gasteiger charge is -2.30. The molecule has 0 bridgehead atoms. The van der Waals surface area contributed by atoms with Crippen molar-refractivity contribution in [1.29, 1.82) is 0 Å². The largest absolute Gasteiger partial charge is 0.444 e. The minimum Gasteiger partial charge on any atom is -0.444 e. The Morgan fingerprint density at radius 3 is 2.43 bits per heavy atom. The summed E-state index contributed by atoms with van der Waals surface area (Å²) in [4.78, 5) is 47.8. The maximum absolute atomic E-state index is 13.3. The summed E-state index contributed by atoms with van der Waals surface area (Å²) in [7, 11) is 0. The number of hydrogen-bond donors (Lipinski definition) is 1. The van der Waals surface area contributed by atoms with E-state index in [0.717, 1.165) is 27.1 Å². The number of benzene rings is 1. The molecule has 11 heteroatoms. The van der Waals surface area contributed by atoms with Gasteiger partial charge in [0.05, 0.1) is 12.1 Å². The smallest absolute Gasteiger partial charge is 0.410 e. The average molecular weight is 599 g/mol. The van der Waals surface area contributed by atoms with Crippen LogP contribution in [0.4, 0.5) is 14.6 Å². The number of carbonyl (C=O) groups excluding carboxylic acids is 3. The minimum atomic E-state index is -0.636. The Bertz CT molecular complexity index is 1480. The van der Waals surface area contributed by atoms with Crippen molar-refractivity contribution in [3.05, 3.63) is 34.2 Å². The number of ether oxygens (including phenoxy) is 2. The fourth-order valence-electron chi connectivity index (χ4n) is 4.69. The van der Waals surface area contributed by atoms with Crippen LogP contribution in [0.5, 0.6) is 0 Å². The van der Waals surface area contributed by atoms with Crippen LogP contribution in [-0.2, 0) is 27.2 Å². The van der Waals surface area contributed by atoms with E-state index in [1.54, 1.807) is 9.80 Å². The van der Waals surface area contributed by atoms with E-state index in [2.05, 4.69) is 5.32 Å². The Morgan fingerprint density at radius 1 is 1.12 bits per heavy atom. The van der Waals surface area contributed by atoms with E-state index in [0.29, 0.717) is 36.0 Å². The van der Waals surface area contributed by atoms with Gasteiger partial charge in [-0.05, 0) is 85.9 Å². The highest BCUT2D eigenvalue weighted by molar-refractivity contribution is 7.17. The van der Waals surface area contributed by atoms with Crippen molar-refractivity contribution in [2.45, 2.75) is 98.9 Å². The number of aryl methyl sites for hydroxylation is 1. The van der Waals surface area contributed by atoms with Crippen LogP contribution in [0.2, 0.25) is 0 Å². The first-order chi connectivity index (χ1) is 19.5. The predicted octanol–water partition coefficient (Wildman–Crippen LogP) is 7.13. The molecule has 1 N–H and O–H groups in total. The van der Waals surface area contributed by atoms with Crippen LogP contribution in [0.3, 0.4) is 0 Å². The van der Waals surface area contributed by atoms with E-state index in [1.165, 1.54) is 11.3 Å². The SMILES string of the molecule is Cc1cccc2oc(-c3c(NC(=O)CCN(C(=O)OC(C)(C)C)C(C)C)sc4c3CCN(C(=O)OC(C)(C)C)C4)nc12. The summed E-state index contributed by atoms with van der Waals surface area (Å²) in [6, 6.07) is 5.63. The molecule has 2 aromatic heterocycles. The highest BCUT2D eigenvalue weighted by Gasteiger charge is 2.32. The number of aromatic nitrogens is 1. The second-order valence-electron chi connectivity index (χ2n) is 12.9. The zero-order chi connectivity index (χ0) is 31.0. The van der Waals surface area contributed by atoms with E-state index < -0.39 is 17.3 Å². The second-order valence-corrected chi connectivity index (χ2v) is 14.0. The van der Waals surface area contributed by atoms with Gasteiger partial charge in [0.15, 0.2) is 5.58 Å². The lowest BCUT2D eigenvalue weighted by Crippen LogP contribution is -2.42. The van der Waals surface area contributed by atoms with Crippen molar-refractivity contribution in [3.63, 3.8) is 0 Å². The number of carbonyl (C=O) groups is 3. The second kappa shape index (κ2) is 11.9. The summed E-state index contributed by atoms with van der Waals surface area (Å²) >= 11 is 1.41. The van der Waals surface area contributed by atoms with Crippen LogP contribution < -0.4 is 5.32 Å². The summed E-state index contributed by atoms with van der Waals surface area (Å²) in [5.74, 6) is 0.177. The molecule has 228 valence electrons. The number of thiophene rings is 1. The van der Waals surface area contributed by atoms with Gasteiger partial charge in [-0.3, -0.25) is 4.79 Å². The Hall–Kier alpha value is -3.60. The molecule has 1 aliphatic rings. The van der Waals surface area contributed by atoms with Crippen LogP contribution in [0.15, 0.2) is 22.6 Å². The van der Waals surface area contributed by atoms with Crippen LogP contribution in [0, 0.1) is 6.92 Å². The van der Waals surface area contributed by atoms with Crippen LogP contribution in [-0.4, -0.2) is 63.2 Å². The maximum Gasteiger partial charge on any atom is 0.410 e. The molecule has 42 heavy (non-hydrogen) atoms. The van der Waals surface area contributed by atoms with Gasteiger partial charge in [-0.25, -0.2) is 14.6 Å². The molecule has 0 atom stereocenters. The number of oxazole rings is 1. The monoisotopic (exact) mass is 598 g/mol. The van der Waals surface area contributed by atoms with Crippen molar-refractivity contribution in [2.75, 3.05) is 18.4 Å². The predicted molar refractivity (Wildman–Crippen MR) is 164 cm³/mol. The lowest BCUT2D eigenvalue weighted by atomic mass is 10.0. The molecule has 0 saturated carbocycles. The molecule has 4 rings (SSSR count). The number of hydrogen-bond acceptors (Lipinski definition) is 8. The standard InChI is InChI=1S/C31H42N4O6S/c1-18(2)35(29(38)41-31(7,8)9)16-14-23(36)32-27-24(26-33-25-19(3)11-10-12-21(25)39-26)20-13-15-34(17-22(20)42-27)28(37)40-30(4,5)6/h10-12,18H,13-17H2,1-9H3,(H,32,36). The number of fused-ring (bicyclic) bond motifs is 2. The van der Waals surface area contributed by atoms with Gasteiger partial charge in [0.2, 0.25) is 11.8 Å². The molecule has 0 radical (unpaired) electrons. The quantitative estimate of drug-likeness (QED) is 0.321. The Kier molecular flexibility index (Phi) is 8.92. The van der Waals surface area contributed by atoms with Gasteiger partial charge in [-0.1, -0.05) is 12.1 Å². The molecule has 10 nitrogen and oxygen atoms in total. The maximum atomic E-state index is 13.3. The number of amides is 3. The zero-order valence-corrected chi connectivity index (χ0v) is 26.9. The third-order valence-corrected chi connectivity index (χ3v) is 7.76. The topological polar surface area (TPSA) is 114 Å².